The highest BCUT2D eigenvalue weighted by Gasteiger charge is 2.05. The van der Waals surface area contributed by atoms with Crippen LogP contribution in [0.25, 0.3) is 0 Å². The molecule has 1 N–H and O–H groups in total. The van der Waals surface area contributed by atoms with Crippen molar-refractivity contribution in [3.63, 3.8) is 0 Å². The van der Waals surface area contributed by atoms with E-state index in [0.29, 0.717) is 0 Å². The van der Waals surface area contributed by atoms with Crippen molar-refractivity contribution in [2.75, 3.05) is 6.54 Å². The van der Waals surface area contributed by atoms with Gasteiger partial charge in [-0.1, -0.05) is 24.6 Å². The fraction of sp³-hybridized carbons (Fsp3) is 0.312. The standard InChI is InChI=1S/C16H20N2O/c1-4-17-13(3)16-10-9-15(11-18-16)19-14-7-5-12(2)6-8-14/h5-11,13,17H,4H2,1-3H3. The van der Waals surface area contributed by atoms with Gasteiger partial charge in [0.25, 0.3) is 0 Å². The predicted molar refractivity (Wildman–Crippen MR) is 77.6 cm³/mol. The van der Waals surface area contributed by atoms with Gasteiger partial charge in [0.2, 0.25) is 0 Å². The molecule has 1 aromatic carbocycles. The summed E-state index contributed by atoms with van der Waals surface area (Å²) in [6, 6.07) is 12.2. The molecule has 0 bridgehead atoms. The van der Waals surface area contributed by atoms with Gasteiger partial charge in [-0.25, -0.2) is 0 Å². The summed E-state index contributed by atoms with van der Waals surface area (Å²) in [6.45, 7) is 7.18. The van der Waals surface area contributed by atoms with E-state index in [0.717, 1.165) is 23.7 Å². The first-order valence-electron chi connectivity index (χ1n) is 6.63. The average Bonchev–Trinajstić information content (AvgIpc) is 2.42. The molecule has 0 saturated heterocycles. The number of rotatable bonds is 5. The smallest absolute Gasteiger partial charge is 0.145 e. The van der Waals surface area contributed by atoms with Crippen LogP contribution in [0.5, 0.6) is 11.5 Å². The van der Waals surface area contributed by atoms with E-state index in [1.807, 2.05) is 36.4 Å². The Balaban J connectivity index is 2.04. The second kappa shape index (κ2) is 6.34. The van der Waals surface area contributed by atoms with Gasteiger partial charge < -0.3 is 10.1 Å². The minimum Gasteiger partial charge on any atom is -0.456 e. The van der Waals surface area contributed by atoms with E-state index >= 15 is 0 Å². The maximum absolute atomic E-state index is 5.75. The Hall–Kier alpha value is -1.87. The van der Waals surface area contributed by atoms with Crippen LogP contribution in [-0.4, -0.2) is 11.5 Å². The van der Waals surface area contributed by atoms with Crippen molar-refractivity contribution in [3.05, 3.63) is 53.9 Å². The Morgan fingerprint density at radius 1 is 1.11 bits per heavy atom. The zero-order chi connectivity index (χ0) is 13.7. The fourth-order valence-electron chi connectivity index (χ4n) is 1.86. The monoisotopic (exact) mass is 256 g/mol. The van der Waals surface area contributed by atoms with Gasteiger partial charge in [-0.3, -0.25) is 4.98 Å². The van der Waals surface area contributed by atoms with E-state index in [2.05, 4.69) is 31.1 Å². The minimum absolute atomic E-state index is 0.262. The summed E-state index contributed by atoms with van der Waals surface area (Å²) in [5.74, 6) is 1.59. The Kier molecular flexibility index (Phi) is 4.53. The molecular weight excluding hydrogens is 236 g/mol. The summed E-state index contributed by atoms with van der Waals surface area (Å²) in [5.41, 5.74) is 2.25. The van der Waals surface area contributed by atoms with E-state index in [1.165, 1.54) is 5.56 Å². The Bertz CT molecular complexity index is 505. The van der Waals surface area contributed by atoms with Crippen LogP contribution in [-0.2, 0) is 0 Å². The number of hydrogen-bond acceptors (Lipinski definition) is 3. The van der Waals surface area contributed by atoms with E-state index in [1.54, 1.807) is 6.20 Å². The van der Waals surface area contributed by atoms with Gasteiger partial charge >= 0.3 is 0 Å². The first kappa shape index (κ1) is 13.6. The number of nitrogens with one attached hydrogen (secondary N) is 1. The molecule has 0 amide bonds. The molecule has 1 unspecified atom stereocenters. The lowest BCUT2D eigenvalue weighted by molar-refractivity contribution is 0.478. The van der Waals surface area contributed by atoms with Crippen molar-refractivity contribution in [1.82, 2.24) is 10.3 Å². The molecule has 0 aliphatic carbocycles. The zero-order valence-electron chi connectivity index (χ0n) is 11.7. The molecule has 0 aliphatic heterocycles. The SMILES string of the molecule is CCNC(C)c1ccc(Oc2ccc(C)cc2)cn1. The van der Waals surface area contributed by atoms with Crippen LogP contribution in [0, 0.1) is 6.92 Å². The minimum atomic E-state index is 0.262. The third kappa shape index (κ3) is 3.80. The first-order valence-corrected chi connectivity index (χ1v) is 6.63. The van der Waals surface area contributed by atoms with E-state index < -0.39 is 0 Å². The number of ether oxygens (including phenoxy) is 1. The van der Waals surface area contributed by atoms with Crippen LogP contribution in [0.4, 0.5) is 0 Å². The van der Waals surface area contributed by atoms with E-state index in [4.69, 9.17) is 4.74 Å². The van der Waals surface area contributed by atoms with Crippen molar-refractivity contribution in [1.29, 1.82) is 0 Å². The normalized spacial score (nSPS) is 12.2. The summed E-state index contributed by atoms with van der Waals surface area (Å²) in [7, 11) is 0. The number of hydrogen-bond donors (Lipinski definition) is 1. The molecule has 0 spiro atoms. The van der Waals surface area contributed by atoms with Crippen LogP contribution >= 0.6 is 0 Å². The van der Waals surface area contributed by atoms with Crippen molar-refractivity contribution in [2.45, 2.75) is 26.8 Å². The number of pyridine rings is 1. The lowest BCUT2D eigenvalue weighted by Gasteiger charge is -2.12. The van der Waals surface area contributed by atoms with Crippen LogP contribution in [0.1, 0.15) is 31.1 Å². The first-order chi connectivity index (χ1) is 9.19. The van der Waals surface area contributed by atoms with E-state index in [-0.39, 0.29) is 6.04 Å². The summed E-state index contributed by atoms with van der Waals surface area (Å²) in [5, 5.41) is 3.33. The van der Waals surface area contributed by atoms with Gasteiger partial charge in [0.15, 0.2) is 0 Å². The Morgan fingerprint density at radius 3 is 2.37 bits per heavy atom. The van der Waals surface area contributed by atoms with Crippen LogP contribution in [0.15, 0.2) is 42.6 Å². The predicted octanol–water partition coefficient (Wildman–Crippen LogP) is 3.85. The molecular formula is C16H20N2O. The lowest BCUT2D eigenvalue weighted by Crippen LogP contribution is -2.18. The lowest BCUT2D eigenvalue weighted by atomic mass is 10.2. The second-order valence-corrected chi connectivity index (χ2v) is 4.61. The molecule has 0 saturated carbocycles. The Labute approximate surface area is 114 Å². The van der Waals surface area contributed by atoms with Gasteiger partial charge in [0.05, 0.1) is 11.9 Å². The van der Waals surface area contributed by atoms with Gasteiger partial charge in [-0.2, -0.15) is 0 Å². The number of nitrogens with zero attached hydrogens (tertiary/aromatic N) is 1. The molecule has 1 heterocycles. The number of aromatic nitrogens is 1. The third-order valence-corrected chi connectivity index (χ3v) is 2.97. The van der Waals surface area contributed by atoms with Crippen LogP contribution in [0.3, 0.4) is 0 Å². The number of aryl methyl sites for hydroxylation is 1. The van der Waals surface area contributed by atoms with Crippen LogP contribution < -0.4 is 10.1 Å². The molecule has 3 heteroatoms. The van der Waals surface area contributed by atoms with Gasteiger partial charge in [-0.15, -0.1) is 0 Å². The van der Waals surface area contributed by atoms with Crippen LogP contribution in [0.2, 0.25) is 0 Å². The van der Waals surface area contributed by atoms with Gasteiger partial charge in [-0.05, 0) is 44.7 Å². The van der Waals surface area contributed by atoms with Crippen molar-refractivity contribution < 1.29 is 4.74 Å². The largest absolute Gasteiger partial charge is 0.456 e. The van der Waals surface area contributed by atoms with Crippen molar-refractivity contribution in [2.24, 2.45) is 0 Å². The highest BCUT2D eigenvalue weighted by atomic mass is 16.5. The average molecular weight is 256 g/mol. The third-order valence-electron chi connectivity index (χ3n) is 2.97. The Morgan fingerprint density at radius 2 is 1.79 bits per heavy atom. The second-order valence-electron chi connectivity index (χ2n) is 4.61. The zero-order valence-corrected chi connectivity index (χ0v) is 11.7. The molecule has 19 heavy (non-hydrogen) atoms. The molecule has 0 fully saturated rings. The van der Waals surface area contributed by atoms with Crippen molar-refractivity contribution in [3.8, 4) is 11.5 Å². The fourth-order valence-corrected chi connectivity index (χ4v) is 1.86. The summed E-state index contributed by atoms with van der Waals surface area (Å²) in [4.78, 5) is 4.42. The summed E-state index contributed by atoms with van der Waals surface area (Å²) in [6.07, 6.45) is 1.77. The maximum atomic E-state index is 5.75. The number of benzene rings is 1. The topological polar surface area (TPSA) is 34.1 Å². The summed E-state index contributed by atoms with van der Waals surface area (Å²) < 4.78 is 5.75. The highest BCUT2D eigenvalue weighted by molar-refractivity contribution is 5.32. The highest BCUT2D eigenvalue weighted by Crippen LogP contribution is 2.22. The van der Waals surface area contributed by atoms with Gasteiger partial charge in [0.1, 0.15) is 11.5 Å². The summed E-state index contributed by atoms with van der Waals surface area (Å²) >= 11 is 0. The maximum Gasteiger partial charge on any atom is 0.145 e. The molecule has 2 aromatic rings. The van der Waals surface area contributed by atoms with Gasteiger partial charge in [0, 0.05) is 6.04 Å². The van der Waals surface area contributed by atoms with E-state index in [9.17, 15) is 0 Å². The van der Waals surface area contributed by atoms with Crippen molar-refractivity contribution >= 4 is 0 Å². The molecule has 3 nitrogen and oxygen atoms in total. The molecule has 2 rings (SSSR count). The molecule has 1 aromatic heterocycles. The molecule has 1 atom stereocenters. The molecule has 0 radical (unpaired) electrons. The molecule has 0 aliphatic rings. The quantitative estimate of drug-likeness (QED) is 0.882. The molecule has 100 valence electrons.